The van der Waals surface area contributed by atoms with E-state index < -0.39 is 0 Å². The minimum atomic E-state index is -0.108. The molecule has 2 saturated carbocycles. The first kappa shape index (κ1) is 13.1. The Balaban J connectivity index is 1.62. The molecule has 5 nitrogen and oxygen atoms in total. The standard InChI is InChI=1S/C16H21N3O2/c20-9-16(4-1-5-16)18-7-11-6-12-13(10-2-3-10)8-17-15(21)14(12)19-11/h6,8,10,18-20H,1-5,7,9H2,(H,17,21). The molecule has 112 valence electrons. The van der Waals surface area contributed by atoms with E-state index in [4.69, 9.17) is 0 Å². The summed E-state index contributed by atoms with van der Waals surface area (Å²) in [5.74, 6) is 0.608. The monoisotopic (exact) mass is 287 g/mol. The van der Waals surface area contributed by atoms with Crippen LogP contribution in [-0.4, -0.2) is 27.2 Å². The van der Waals surface area contributed by atoms with Gasteiger partial charge >= 0.3 is 0 Å². The van der Waals surface area contributed by atoms with Crippen LogP contribution >= 0.6 is 0 Å². The van der Waals surface area contributed by atoms with Crippen LogP contribution in [0, 0.1) is 0 Å². The highest BCUT2D eigenvalue weighted by Gasteiger charge is 2.35. The van der Waals surface area contributed by atoms with Crippen LogP contribution in [0.4, 0.5) is 0 Å². The van der Waals surface area contributed by atoms with Crippen molar-refractivity contribution in [3.63, 3.8) is 0 Å². The van der Waals surface area contributed by atoms with Crippen LogP contribution in [0.2, 0.25) is 0 Å². The van der Waals surface area contributed by atoms with E-state index in [1.54, 1.807) is 0 Å². The highest BCUT2D eigenvalue weighted by molar-refractivity contribution is 5.83. The zero-order chi connectivity index (χ0) is 14.4. The fourth-order valence-corrected chi connectivity index (χ4v) is 3.31. The van der Waals surface area contributed by atoms with E-state index in [0.29, 0.717) is 18.0 Å². The molecule has 0 atom stereocenters. The van der Waals surface area contributed by atoms with Gasteiger partial charge in [-0.15, -0.1) is 0 Å². The van der Waals surface area contributed by atoms with Gasteiger partial charge in [0.15, 0.2) is 0 Å². The van der Waals surface area contributed by atoms with Gasteiger partial charge in [0.1, 0.15) is 5.52 Å². The average Bonchev–Trinajstić information content (AvgIpc) is 3.18. The normalized spacial score (nSPS) is 20.6. The molecule has 2 aromatic heterocycles. The molecule has 0 saturated heterocycles. The Bertz CT molecular complexity index is 717. The number of rotatable bonds is 5. The molecule has 0 bridgehead atoms. The van der Waals surface area contributed by atoms with Crippen LogP contribution in [0.1, 0.15) is 49.3 Å². The number of hydrogen-bond acceptors (Lipinski definition) is 3. The fraction of sp³-hybridized carbons (Fsp3) is 0.562. The van der Waals surface area contributed by atoms with Crippen LogP contribution in [0.5, 0.6) is 0 Å². The summed E-state index contributed by atoms with van der Waals surface area (Å²) in [6, 6.07) is 2.09. The minimum Gasteiger partial charge on any atom is -0.394 e. The largest absolute Gasteiger partial charge is 0.394 e. The van der Waals surface area contributed by atoms with Crippen molar-refractivity contribution < 1.29 is 5.11 Å². The van der Waals surface area contributed by atoms with E-state index in [1.807, 2.05) is 6.20 Å². The zero-order valence-electron chi connectivity index (χ0n) is 12.0. The predicted molar refractivity (Wildman–Crippen MR) is 81.4 cm³/mol. The molecule has 2 aliphatic carbocycles. The first-order valence-electron chi connectivity index (χ1n) is 7.80. The van der Waals surface area contributed by atoms with Gasteiger partial charge in [-0.25, -0.2) is 0 Å². The summed E-state index contributed by atoms with van der Waals surface area (Å²) in [6.07, 6.45) is 7.52. The Morgan fingerprint density at radius 1 is 1.38 bits per heavy atom. The molecule has 21 heavy (non-hydrogen) atoms. The number of pyridine rings is 1. The second-order valence-corrected chi connectivity index (χ2v) is 6.58. The molecular weight excluding hydrogens is 266 g/mol. The number of aromatic amines is 2. The van der Waals surface area contributed by atoms with E-state index in [2.05, 4.69) is 21.4 Å². The summed E-state index contributed by atoms with van der Waals surface area (Å²) in [4.78, 5) is 18.0. The molecule has 2 heterocycles. The van der Waals surface area contributed by atoms with Gasteiger partial charge in [0.2, 0.25) is 0 Å². The third-order valence-electron chi connectivity index (χ3n) is 5.05. The first-order valence-corrected chi connectivity index (χ1v) is 7.80. The molecule has 2 fully saturated rings. The van der Waals surface area contributed by atoms with Crippen molar-refractivity contribution in [2.75, 3.05) is 6.61 Å². The summed E-state index contributed by atoms with van der Waals surface area (Å²) in [5, 5.41) is 14.0. The Morgan fingerprint density at radius 2 is 2.19 bits per heavy atom. The highest BCUT2D eigenvalue weighted by Crippen LogP contribution is 2.42. The number of fused-ring (bicyclic) bond motifs is 1. The van der Waals surface area contributed by atoms with Crippen molar-refractivity contribution in [1.82, 2.24) is 15.3 Å². The van der Waals surface area contributed by atoms with E-state index in [1.165, 1.54) is 24.8 Å². The van der Waals surface area contributed by atoms with Crippen LogP contribution in [-0.2, 0) is 6.54 Å². The number of aliphatic hydroxyl groups excluding tert-OH is 1. The fourth-order valence-electron chi connectivity index (χ4n) is 3.31. The SMILES string of the molecule is O=c1[nH]cc(C2CC2)c2cc(CNC3(CO)CCC3)[nH]c12. The van der Waals surface area contributed by atoms with E-state index >= 15 is 0 Å². The third kappa shape index (κ3) is 2.21. The van der Waals surface area contributed by atoms with Gasteiger partial charge in [0.05, 0.1) is 6.61 Å². The maximum Gasteiger partial charge on any atom is 0.272 e. The molecule has 0 aliphatic heterocycles. The molecule has 0 aromatic carbocycles. The van der Waals surface area contributed by atoms with Crippen molar-refractivity contribution in [2.24, 2.45) is 0 Å². The summed E-state index contributed by atoms with van der Waals surface area (Å²) >= 11 is 0. The lowest BCUT2D eigenvalue weighted by atomic mass is 9.77. The molecule has 0 unspecified atom stereocenters. The van der Waals surface area contributed by atoms with Crippen LogP contribution in [0.25, 0.3) is 10.9 Å². The van der Waals surface area contributed by atoms with E-state index in [9.17, 15) is 9.90 Å². The Hall–Kier alpha value is -1.59. The first-order chi connectivity index (χ1) is 10.2. The number of H-pyrrole nitrogens is 2. The van der Waals surface area contributed by atoms with Gasteiger partial charge in [-0.2, -0.15) is 0 Å². The molecule has 4 N–H and O–H groups in total. The molecule has 2 aliphatic rings. The number of nitrogens with one attached hydrogen (secondary N) is 3. The van der Waals surface area contributed by atoms with Crippen LogP contribution in [0.3, 0.4) is 0 Å². The summed E-state index contributed by atoms with van der Waals surface area (Å²) in [6.45, 7) is 0.847. The molecule has 2 aromatic rings. The Kier molecular flexibility index (Phi) is 2.94. The molecule has 0 radical (unpaired) electrons. The number of aromatic nitrogens is 2. The quantitative estimate of drug-likeness (QED) is 0.676. The van der Waals surface area contributed by atoms with Crippen LogP contribution in [0.15, 0.2) is 17.1 Å². The molecular formula is C16H21N3O2. The smallest absolute Gasteiger partial charge is 0.272 e. The van der Waals surface area contributed by atoms with Crippen molar-refractivity contribution in [3.05, 3.63) is 33.9 Å². The second kappa shape index (κ2) is 4.71. The number of aliphatic hydroxyl groups is 1. The Labute approximate surface area is 122 Å². The van der Waals surface area contributed by atoms with Crippen molar-refractivity contribution in [3.8, 4) is 0 Å². The lowest BCUT2D eigenvalue weighted by Gasteiger charge is -2.41. The van der Waals surface area contributed by atoms with Gasteiger partial charge in [0.25, 0.3) is 5.56 Å². The lowest BCUT2D eigenvalue weighted by molar-refractivity contribution is 0.0869. The average molecular weight is 287 g/mol. The summed E-state index contributed by atoms with van der Waals surface area (Å²) in [7, 11) is 0. The molecule has 5 heteroatoms. The van der Waals surface area contributed by atoms with Crippen molar-refractivity contribution >= 4 is 10.9 Å². The maximum absolute atomic E-state index is 12.0. The third-order valence-corrected chi connectivity index (χ3v) is 5.05. The summed E-state index contributed by atoms with van der Waals surface area (Å²) in [5.41, 5.74) is 2.79. The van der Waals surface area contributed by atoms with Gasteiger partial charge in [0, 0.05) is 29.4 Å². The zero-order valence-corrected chi connectivity index (χ0v) is 12.0. The second-order valence-electron chi connectivity index (χ2n) is 6.58. The van der Waals surface area contributed by atoms with Crippen LogP contribution < -0.4 is 10.9 Å². The van der Waals surface area contributed by atoms with E-state index in [0.717, 1.165) is 23.9 Å². The van der Waals surface area contributed by atoms with Crippen molar-refractivity contribution in [1.29, 1.82) is 0 Å². The van der Waals surface area contributed by atoms with Crippen molar-refractivity contribution in [2.45, 2.75) is 50.1 Å². The predicted octanol–water partition coefficient (Wildman–Crippen LogP) is 1.74. The lowest BCUT2D eigenvalue weighted by Crippen LogP contribution is -2.53. The number of hydrogen-bond donors (Lipinski definition) is 4. The van der Waals surface area contributed by atoms with Gasteiger partial charge in [-0.05, 0) is 49.7 Å². The van der Waals surface area contributed by atoms with E-state index in [-0.39, 0.29) is 17.7 Å². The molecule has 0 spiro atoms. The molecule has 0 amide bonds. The maximum atomic E-state index is 12.0. The minimum absolute atomic E-state index is 0.0545. The Morgan fingerprint density at radius 3 is 2.81 bits per heavy atom. The highest BCUT2D eigenvalue weighted by atomic mass is 16.3. The summed E-state index contributed by atoms with van der Waals surface area (Å²) < 4.78 is 0. The van der Waals surface area contributed by atoms with Gasteiger partial charge in [-0.1, -0.05) is 0 Å². The topological polar surface area (TPSA) is 80.9 Å². The van der Waals surface area contributed by atoms with Gasteiger partial charge in [-0.3, -0.25) is 4.79 Å². The molecule has 4 rings (SSSR count). The van der Waals surface area contributed by atoms with Gasteiger partial charge < -0.3 is 20.4 Å².